The number of ether oxygens (including phenoxy) is 1. The van der Waals surface area contributed by atoms with Crippen LogP contribution in [0.1, 0.15) is 76.7 Å². The summed E-state index contributed by atoms with van der Waals surface area (Å²) in [7, 11) is 0. The van der Waals surface area contributed by atoms with Gasteiger partial charge in [0.15, 0.2) is 11.6 Å². The largest absolute Gasteiger partial charge is 0.491 e. The maximum Gasteiger partial charge on any atom is 0.201 e. The van der Waals surface area contributed by atoms with Gasteiger partial charge in [0, 0.05) is 5.56 Å². The van der Waals surface area contributed by atoms with Gasteiger partial charge in [0.1, 0.15) is 0 Å². The molecule has 0 heterocycles. The number of rotatable bonds is 6. The van der Waals surface area contributed by atoms with Crippen LogP contribution in [0.5, 0.6) is 5.75 Å². The summed E-state index contributed by atoms with van der Waals surface area (Å²) in [5, 5.41) is 0. The number of hydrogen-bond donors (Lipinski definition) is 0. The molecule has 2 aromatic carbocycles. The molecule has 0 radical (unpaired) electrons. The van der Waals surface area contributed by atoms with Crippen LogP contribution in [0.15, 0.2) is 36.4 Å². The lowest BCUT2D eigenvalue weighted by molar-refractivity contribution is 0.114. The molecule has 30 heavy (non-hydrogen) atoms. The first-order chi connectivity index (χ1) is 14.6. The first kappa shape index (κ1) is 21.3. The highest BCUT2D eigenvalue weighted by atomic mass is 19.2. The fraction of sp³-hybridized carbons (Fsp3) is 0.556. The van der Waals surface area contributed by atoms with Crippen LogP contribution in [0.3, 0.4) is 0 Å². The fourth-order valence-electron chi connectivity index (χ4n) is 5.92. The lowest BCUT2D eigenvalue weighted by Gasteiger charge is -2.42. The van der Waals surface area contributed by atoms with Gasteiger partial charge >= 0.3 is 0 Å². The van der Waals surface area contributed by atoms with Gasteiger partial charge < -0.3 is 4.74 Å². The van der Waals surface area contributed by atoms with Crippen LogP contribution >= 0.6 is 0 Å². The van der Waals surface area contributed by atoms with Crippen molar-refractivity contribution in [2.75, 3.05) is 6.61 Å². The van der Waals surface area contributed by atoms with E-state index < -0.39 is 11.6 Å². The molecule has 1 unspecified atom stereocenters. The molecule has 1 nitrogen and oxygen atoms in total. The second-order valence-electron chi connectivity index (χ2n) is 9.29. The number of fused-ring (bicyclic) bond motifs is 1. The molecule has 4 rings (SSSR count). The molecule has 0 spiro atoms. The standard InChI is InChI=1S/C27H34F2O/c1-3-5-18-6-7-23-17-22(13-12-21(23)16-18)19-8-10-20(11-9-19)24-14-15-25(30-4-2)27(29)26(24)28/h8-11,14-15,18,21-23H,3-7,12-13,16-17H2,1-2H3/t18?,21-,22-,23-/m1/s1. The van der Waals surface area contributed by atoms with E-state index in [1.165, 1.54) is 63.0 Å². The normalized spacial score (nSPS) is 26.3. The van der Waals surface area contributed by atoms with Crippen LogP contribution < -0.4 is 4.74 Å². The summed E-state index contributed by atoms with van der Waals surface area (Å²) >= 11 is 0. The quantitative estimate of drug-likeness (QED) is 0.465. The minimum absolute atomic E-state index is 0.0270. The van der Waals surface area contributed by atoms with Crippen molar-refractivity contribution in [3.05, 3.63) is 53.6 Å². The van der Waals surface area contributed by atoms with Crippen molar-refractivity contribution in [1.82, 2.24) is 0 Å². The Kier molecular flexibility index (Phi) is 6.75. The molecule has 0 aromatic heterocycles. The Morgan fingerprint density at radius 1 is 0.833 bits per heavy atom. The molecule has 2 aromatic rings. The smallest absolute Gasteiger partial charge is 0.201 e. The number of hydrogen-bond acceptors (Lipinski definition) is 1. The van der Waals surface area contributed by atoms with Crippen LogP contribution in [0.4, 0.5) is 8.78 Å². The SMILES string of the molecule is CCCC1CC[C@@H]2C[C@H](c3ccc(-c4ccc(OCC)c(F)c4F)cc3)CC[C@@H]2C1. The Morgan fingerprint density at radius 3 is 2.30 bits per heavy atom. The minimum atomic E-state index is -0.907. The van der Waals surface area contributed by atoms with E-state index in [0.29, 0.717) is 23.7 Å². The van der Waals surface area contributed by atoms with Crippen LogP contribution in [-0.4, -0.2) is 6.61 Å². The fourth-order valence-corrected chi connectivity index (χ4v) is 5.92. The Labute approximate surface area is 179 Å². The maximum absolute atomic E-state index is 14.5. The van der Waals surface area contributed by atoms with Crippen molar-refractivity contribution in [3.63, 3.8) is 0 Å². The molecular formula is C27H34F2O. The highest BCUT2D eigenvalue weighted by molar-refractivity contribution is 5.65. The first-order valence-corrected chi connectivity index (χ1v) is 11.8. The third-order valence-corrected chi connectivity index (χ3v) is 7.46. The van der Waals surface area contributed by atoms with Crippen molar-refractivity contribution in [1.29, 1.82) is 0 Å². The molecule has 3 heteroatoms. The van der Waals surface area contributed by atoms with E-state index in [1.54, 1.807) is 13.0 Å². The van der Waals surface area contributed by atoms with Crippen molar-refractivity contribution < 1.29 is 13.5 Å². The Hall–Kier alpha value is -1.90. The zero-order valence-corrected chi connectivity index (χ0v) is 18.3. The molecule has 2 fully saturated rings. The van der Waals surface area contributed by atoms with Crippen molar-refractivity contribution in [3.8, 4) is 16.9 Å². The van der Waals surface area contributed by atoms with E-state index in [2.05, 4.69) is 19.1 Å². The average Bonchev–Trinajstić information content (AvgIpc) is 2.77. The second kappa shape index (κ2) is 9.49. The lowest BCUT2D eigenvalue weighted by Crippen LogP contribution is -2.30. The molecule has 2 aliphatic carbocycles. The molecule has 2 saturated carbocycles. The highest BCUT2D eigenvalue weighted by Crippen LogP contribution is 2.48. The third-order valence-electron chi connectivity index (χ3n) is 7.46. The molecule has 4 atom stereocenters. The van der Waals surface area contributed by atoms with Gasteiger partial charge in [0.25, 0.3) is 0 Å². The summed E-state index contributed by atoms with van der Waals surface area (Å²) in [5.74, 6) is 1.58. The number of halogens is 2. The monoisotopic (exact) mass is 412 g/mol. The van der Waals surface area contributed by atoms with Gasteiger partial charge in [-0.3, -0.25) is 0 Å². The zero-order valence-electron chi connectivity index (χ0n) is 18.3. The van der Waals surface area contributed by atoms with Gasteiger partial charge in [-0.1, -0.05) is 50.5 Å². The highest BCUT2D eigenvalue weighted by Gasteiger charge is 2.35. The molecule has 0 aliphatic heterocycles. The van der Waals surface area contributed by atoms with E-state index in [4.69, 9.17) is 4.74 Å². The Morgan fingerprint density at radius 2 is 1.57 bits per heavy atom. The van der Waals surface area contributed by atoms with E-state index >= 15 is 0 Å². The average molecular weight is 413 g/mol. The van der Waals surface area contributed by atoms with Crippen molar-refractivity contribution in [2.45, 2.75) is 71.1 Å². The maximum atomic E-state index is 14.5. The Balaban J connectivity index is 1.44. The van der Waals surface area contributed by atoms with Crippen molar-refractivity contribution in [2.24, 2.45) is 17.8 Å². The summed E-state index contributed by atoms with van der Waals surface area (Å²) in [6.07, 6.45) is 10.8. The van der Waals surface area contributed by atoms with Crippen LogP contribution in [0.2, 0.25) is 0 Å². The molecule has 0 N–H and O–H groups in total. The molecule has 0 amide bonds. The molecule has 2 aliphatic rings. The lowest BCUT2D eigenvalue weighted by atomic mass is 9.63. The van der Waals surface area contributed by atoms with E-state index in [9.17, 15) is 8.78 Å². The summed E-state index contributed by atoms with van der Waals surface area (Å²) in [4.78, 5) is 0. The van der Waals surface area contributed by atoms with Gasteiger partial charge in [-0.15, -0.1) is 0 Å². The van der Waals surface area contributed by atoms with Crippen molar-refractivity contribution >= 4 is 0 Å². The summed E-state index contributed by atoms with van der Waals surface area (Å²) in [6.45, 7) is 4.38. The Bertz CT molecular complexity index is 845. The van der Waals surface area contributed by atoms with Crippen LogP contribution in [-0.2, 0) is 0 Å². The predicted molar refractivity (Wildman–Crippen MR) is 119 cm³/mol. The van der Waals surface area contributed by atoms with Gasteiger partial charge in [0.2, 0.25) is 5.82 Å². The van der Waals surface area contributed by atoms with Crippen LogP contribution in [0, 0.1) is 29.4 Å². The zero-order chi connectivity index (χ0) is 21.1. The van der Waals surface area contributed by atoms with E-state index in [0.717, 1.165) is 17.8 Å². The predicted octanol–water partition coefficient (Wildman–Crippen LogP) is 8.13. The van der Waals surface area contributed by atoms with Gasteiger partial charge in [-0.2, -0.15) is 4.39 Å². The third kappa shape index (κ3) is 4.40. The van der Waals surface area contributed by atoms with Gasteiger partial charge in [-0.05, 0) is 86.0 Å². The molecular weight excluding hydrogens is 378 g/mol. The summed E-state index contributed by atoms with van der Waals surface area (Å²) < 4.78 is 33.9. The molecule has 0 saturated heterocycles. The van der Waals surface area contributed by atoms with E-state index in [-0.39, 0.29) is 5.75 Å². The second-order valence-corrected chi connectivity index (χ2v) is 9.29. The van der Waals surface area contributed by atoms with Gasteiger partial charge in [-0.25, -0.2) is 4.39 Å². The molecule has 0 bridgehead atoms. The first-order valence-electron chi connectivity index (χ1n) is 11.8. The van der Waals surface area contributed by atoms with Crippen LogP contribution in [0.25, 0.3) is 11.1 Å². The summed E-state index contributed by atoms with van der Waals surface area (Å²) in [6, 6.07) is 11.3. The van der Waals surface area contributed by atoms with E-state index in [1.807, 2.05) is 12.1 Å². The topological polar surface area (TPSA) is 9.23 Å². The van der Waals surface area contributed by atoms with Gasteiger partial charge in [0.05, 0.1) is 6.61 Å². The molecule has 162 valence electrons. The number of benzene rings is 2. The minimum Gasteiger partial charge on any atom is -0.491 e. The summed E-state index contributed by atoms with van der Waals surface area (Å²) in [5.41, 5.74) is 2.35.